The Morgan fingerprint density at radius 2 is 1.58 bits per heavy atom. The molecule has 0 unspecified atom stereocenters. The number of anilines is 2. The molecule has 3 aromatic carbocycles. The molecule has 2 amide bonds. The SMILES string of the molecule is N#C/C(C(=O)Nc1ccc(Br)cc1)=C1/S[C@@H](Cc2ccc(Br)cc2)C(=O)N1c1ccccc1. The highest BCUT2D eigenvalue weighted by Gasteiger charge is 2.40. The van der Waals surface area contributed by atoms with E-state index >= 15 is 0 Å². The third-order valence-electron chi connectivity index (χ3n) is 4.96. The summed E-state index contributed by atoms with van der Waals surface area (Å²) in [5.41, 5.74) is 2.07. The molecule has 1 saturated heterocycles. The van der Waals surface area contributed by atoms with Crippen LogP contribution in [-0.2, 0) is 16.0 Å². The first-order valence-corrected chi connectivity index (χ1v) is 12.4. The molecule has 164 valence electrons. The van der Waals surface area contributed by atoms with Crippen LogP contribution in [0, 0.1) is 11.3 Å². The summed E-state index contributed by atoms with van der Waals surface area (Å²) in [6.45, 7) is 0. The van der Waals surface area contributed by atoms with Crippen molar-refractivity contribution in [2.24, 2.45) is 0 Å². The van der Waals surface area contributed by atoms with E-state index in [1.807, 2.05) is 48.5 Å². The van der Waals surface area contributed by atoms with E-state index in [1.54, 1.807) is 36.4 Å². The molecule has 33 heavy (non-hydrogen) atoms. The number of nitrogens with zero attached hydrogens (tertiary/aromatic N) is 2. The van der Waals surface area contributed by atoms with Gasteiger partial charge in [0.25, 0.3) is 5.91 Å². The fourth-order valence-electron chi connectivity index (χ4n) is 3.36. The Balaban J connectivity index is 1.70. The highest BCUT2D eigenvalue weighted by molar-refractivity contribution is 9.10. The molecule has 5 nitrogen and oxygen atoms in total. The number of nitrogens with one attached hydrogen (secondary N) is 1. The van der Waals surface area contributed by atoms with Crippen molar-refractivity contribution in [2.75, 3.05) is 10.2 Å². The fraction of sp³-hybridized carbons (Fsp3) is 0.0800. The minimum Gasteiger partial charge on any atom is -0.321 e. The summed E-state index contributed by atoms with van der Waals surface area (Å²) < 4.78 is 1.84. The Morgan fingerprint density at radius 1 is 0.970 bits per heavy atom. The molecular weight excluding hydrogens is 566 g/mol. The summed E-state index contributed by atoms with van der Waals surface area (Å²) in [6.07, 6.45) is 0.483. The van der Waals surface area contributed by atoms with Crippen LogP contribution < -0.4 is 10.2 Å². The van der Waals surface area contributed by atoms with Crippen LogP contribution >= 0.6 is 43.6 Å². The van der Waals surface area contributed by atoms with Crippen LogP contribution in [0.15, 0.2) is 98.4 Å². The molecule has 4 rings (SSSR count). The number of benzene rings is 3. The Kier molecular flexibility index (Phi) is 7.33. The average Bonchev–Trinajstić information content (AvgIpc) is 3.13. The summed E-state index contributed by atoms with van der Waals surface area (Å²) in [7, 11) is 0. The van der Waals surface area contributed by atoms with Gasteiger partial charge in [-0.1, -0.05) is 74.0 Å². The van der Waals surface area contributed by atoms with Crippen molar-refractivity contribution >= 4 is 66.8 Å². The van der Waals surface area contributed by atoms with E-state index in [2.05, 4.69) is 37.2 Å². The van der Waals surface area contributed by atoms with Crippen LogP contribution in [0.5, 0.6) is 0 Å². The van der Waals surface area contributed by atoms with Crippen molar-refractivity contribution in [2.45, 2.75) is 11.7 Å². The lowest BCUT2D eigenvalue weighted by Gasteiger charge is -2.18. The zero-order valence-electron chi connectivity index (χ0n) is 17.2. The van der Waals surface area contributed by atoms with E-state index in [0.717, 1.165) is 14.5 Å². The van der Waals surface area contributed by atoms with Crippen LogP contribution in [0.25, 0.3) is 0 Å². The summed E-state index contributed by atoms with van der Waals surface area (Å²) in [4.78, 5) is 28.0. The van der Waals surface area contributed by atoms with E-state index in [9.17, 15) is 14.9 Å². The second-order valence-corrected chi connectivity index (χ2v) is 10.2. The van der Waals surface area contributed by atoms with Gasteiger partial charge in [-0.2, -0.15) is 5.26 Å². The second kappa shape index (κ2) is 10.4. The molecule has 0 aromatic heterocycles. The van der Waals surface area contributed by atoms with Crippen molar-refractivity contribution < 1.29 is 9.59 Å². The van der Waals surface area contributed by atoms with Gasteiger partial charge in [0.05, 0.1) is 5.25 Å². The molecule has 1 heterocycles. The van der Waals surface area contributed by atoms with Gasteiger partial charge in [-0.25, -0.2) is 0 Å². The van der Waals surface area contributed by atoms with Gasteiger partial charge in [0.1, 0.15) is 16.7 Å². The number of rotatable bonds is 5. The van der Waals surface area contributed by atoms with Crippen molar-refractivity contribution in [3.8, 4) is 6.07 Å². The molecule has 0 aliphatic carbocycles. The van der Waals surface area contributed by atoms with Crippen molar-refractivity contribution in [3.05, 3.63) is 104 Å². The maximum atomic E-state index is 13.4. The summed E-state index contributed by atoms with van der Waals surface area (Å²) >= 11 is 8.03. The summed E-state index contributed by atoms with van der Waals surface area (Å²) in [6, 6.07) is 25.9. The topological polar surface area (TPSA) is 73.2 Å². The number of amides is 2. The van der Waals surface area contributed by atoms with Gasteiger partial charge in [0.15, 0.2) is 0 Å². The normalized spacial score (nSPS) is 16.9. The van der Waals surface area contributed by atoms with Crippen LogP contribution in [0.4, 0.5) is 11.4 Å². The van der Waals surface area contributed by atoms with Gasteiger partial charge in [-0.3, -0.25) is 14.5 Å². The Bertz CT molecular complexity index is 1250. The minimum absolute atomic E-state index is 0.0987. The number of halogens is 2. The van der Waals surface area contributed by atoms with Crippen molar-refractivity contribution in [1.82, 2.24) is 0 Å². The zero-order chi connectivity index (χ0) is 23.4. The summed E-state index contributed by atoms with van der Waals surface area (Å²) in [5, 5.41) is 12.5. The Morgan fingerprint density at radius 3 is 2.18 bits per heavy atom. The van der Waals surface area contributed by atoms with Crippen LogP contribution in [0.1, 0.15) is 5.56 Å². The zero-order valence-corrected chi connectivity index (χ0v) is 21.2. The Hall–Kier alpha value is -2.86. The number of hydrogen-bond donors (Lipinski definition) is 1. The first-order chi connectivity index (χ1) is 16.0. The van der Waals surface area contributed by atoms with Gasteiger partial charge in [0.2, 0.25) is 5.91 Å². The van der Waals surface area contributed by atoms with Gasteiger partial charge in [0, 0.05) is 20.3 Å². The number of para-hydroxylation sites is 1. The van der Waals surface area contributed by atoms with Crippen LogP contribution in [0.3, 0.4) is 0 Å². The van der Waals surface area contributed by atoms with E-state index in [-0.39, 0.29) is 11.5 Å². The van der Waals surface area contributed by atoms with Crippen molar-refractivity contribution in [3.63, 3.8) is 0 Å². The minimum atomic E-state index is -0.555. The first kappa shape index (κ1) is 23.3. The molecule has 8 heteroatoms. The molecule has 1 fully saturated rings. The van der Waals surface area contributed by atoms with Gasteiger partial charge < -0.3 is 5.32 Å². The van der Waals surface area contributed by atoms with Gasteiger partial charge in [-0.05, 0) is 60.5 Å². The molecule has 1 N–H and O–H groups in total. The molecule has 3 aromatic rings. The van der Waals surface area contributed by atoms with E-state index in [4.69, 9.17) is 0 Å². The molecule has 1 aliphatic rings. The highest BCUT2D eigenvalue weighted by atomic mass is 79.9. The quantitative estimate of drug-likeness (QED) is 0.284. The fourth-order valence-corrected chi connectivity index (χ4v) is 5.20. The standard InChI is InChI=1S/C25H17Br2N3O2S/c26-17-8-6-16(7-9-17)14-22-24(32)30(20-4-2-1-3-5-20)25(33-22)21(15-28)23(31)29-19-12-10-18(27)11-13-19/h1-13,22H,14H2,(H,29,31)/b25-21-/t22-/m0/s1. The third-order valence-corrected chi connectivity index (χ3v) is 7.28. The van der Waals surface area contributed by atoms with E-state index in [0.29, 0.717) is 22.8 Å². The second-order valence-electron chi connectivity index (χ2n) is 7.20. The van der Waals surface area contributed by atoms with E-state index in [1.165, 1.54) is 16.7 Å². The molecule has 0 saturated carbocycles. The lowest BCUT2D eigenvalue weighted by Crippen LogP contribution is -2.30. The summed E-state index contributed by atoms with van der Waals surface area (Å²) in [5.74, 6) is -0.714. The van der Waals surface area contributed by atoms with Crippen LogP contribution in [-0.4, -0.2) is 17.1 Å². The number of carbonyl (C=O) groups excluding carboxylic acids is 2. The smallest absolute Gasteiger partial charge is 0.269 e. The average molecular weight is 583 g/mol. The largest absolute Gasteiger partial charge is 0.321 e. The predicted octanol–water partition coefficient (Wildman–Crippen LogP) is 6.28. The molecule has 0 radical (unpaired) electrons. The maximum absolute atomic E-state index is 13.4. The van der Waals surface area contributed by atoms with Crippen molar-refractivity contribution in [1.29, 1.82) is 5.26 Å². The monoisotopic (exact) mass is 581 g/mol. The number of nitriles is 1. The number of hydrogen-bond acceptors (Lipinski definition) is 4. The lowest BCUT2D eigenvalue weighted by atomic mass is 10.1. The highest BCUT2D eigenvalue weighted by Crippen LogP contribution is 2.42. The van der Waals surface area contributed by atoms with Crippen LogP contribution in [0.2, 0.25) is 0 Å². The molecule has 0 bridgehead atoms. The van der Waals surface area contributed by atoms with E-state index < -0.39 is 11.2 Å². The molecule has 1 atom stereocenters. The van der Waals surface area contributed by atoms with Gasteiger partial charge in [-0.15, -0.1) is 0 Å². The first-order valence-electron chi connectivity index (χ1n) is 9.97. The number of thioether (sulfide) groups is 1. The molecule has 0 spiro atoms. The molecule has 1 aliphatic heterocycles. The predicted molar refractivity (Wildman–Crippen MR) is 139 cm³/mol. The van der Waals surface area contributed by atoms with Gasteiger partial charge >= 0.3 is 0 Å². The molecular formula is C25H17Br2N3O2S. The number of carbonyl (C=O) groups is 2. The third kappa shape index (κ3) is 5.38. The lowest BCUT2D eigenvalue weighted by molar-refractivity contribution is -0.117. The maximum Gasteiger partial charge on any atom is 0.269 e. The Labute approximate surface area is 212 Å².